The highest BCUT2D eigenvalue weighted by molar-refractivity contribution is 6.04. The maximum Gasteiger partial charge on any atom is 0.189 e. The van der Waals surface area contributed by atoms with Gasteiger partial charge in [0.1, 0.15) is 11.5 Å². The molecule has 2 aromatic carbocycles. The van der Waals surface area contributed by atoms with Crippen LogP contribution < -0.4 is 4.74 Å². The molecule has 0 fully saturated rings. The van der Waals surface area contributed by atoms with Crippen LogP contribution in [0.15, 0.2) is 72.5 Å². The molecule has 2 rings (SSSR count). The van der Waals surface area contributed by atoms with E-state index in [-0.39, 0.29) is 5.78 Å². The zero-order valence-electron chi connectivity index (χ0n) is 10.2. The van der Waals surface area contributed by atoms with E-state index < -0.39 is 0 Å². The number of ketones is 1. The van der Waals surface area contributed by atoms with Crippen molar-refractivity contribution in [2.75, 3.05) is 0 Å². The quantitative estimate of drug-likeness (QED) is 0.459. The number of allylic oxidation sites excluding steroid dienone is 2. The largest absolute Gasteiger partial charge is 0.462 e. The van der Waals surface area contributed by atoms with Crippen LogP contribution in [-0.2, 0) is 0 Å². The van der Waals surface area contributed by atoms with Crippen LogP contribution in [0.1, 0.15) is 17.3 Å². The van der Waals surface area contributed by atoms with E-state index in [1.165, 1.54) is 6.08 Å². The zero-order chi connectivity index (χ0) is 12.8. The van der Waals surface area contributed by atoms with Crippen LogP contribution in [0.3, 0.4) is 0 Å². The summed E-state index contributed by atoms with van der Waals surface area (Å²) in [5.41, 5.74) is 0.661. The van der Waals surface area contributed by atoms with Crippen LogP contribution in [0.2, 0.25) is 0 Å². The SMILES string of the molecule is C/C(=C\C(=O)c1ccccc1)Oc1ccccc1. The van der Waals surface area contributed by atoms with E-state index in [0.717, 1.165) is 5.75 Å². The molecule has 0 heterocycles. The van der Waals surface area contributed by atoms with Crippen LogP contribution in [0, 0.1) is 0 Å². The van der Waals surface area contributed by atoms with Gasteiger partial charge in [0.25, 0.3) is 0 Å². The van der Waals surface area contributed by atoms with Gasteiger partial charge in [-0.2, -0.15) is 0 Å². The number of hydrogen-bond acceptors (Lipinski definition) is 2. The summed E-state index contributed by atoms with van der Waals surface area (Å²) in [4.78, 5) is 11.9. The standard InChI is InChI=1S/C16H14O2/c1-13(18-15-10-6-3-7-11-15)12-16(17)14-8-4-2-5-9-14/h2-12H,1H3/b13-12+. The molecule has 0 amide bonds. The summed E-state index contributed by atoms with van der Waals surface area (Å²) in [5.74, 6) is 1.26. The fourth-order valence-corrected chi connectivity index (χ4v) is 1.57. The molecule has 0 unspecified atom stereocenters. The molecule has 0 atom stereocenters. The number of carbonyl (C=O) groups excluding carboxylic acids is 1. The Kier molecular flexibility index (Phi) is 3.92. The van der Waals surface area contributed by atoms with Gasteiger partial charge < -0.3 is 4.74 Å². The van der Waals surface area contributed by atoms with E-state index >= 15 is 0 Å². The number of benzene rings is 2. The number of carbonyl (C=O) groups is 1. The molecular weight excluding hydrogens is 224 g/mol. The molecule has 2 nitrogen and oxygen atoms in total. The van der Waals surface area contributed by atoms with Crippen LogP contribution in [-0.4, -0.2) is 5.78 Å². The fraction of sp³-hybridized carbons (Fsp3) is 0.0625. The van der Waals surface area contributed by atoms with Gasteiger partial charge in [-0.1, -0.05) is 48.5 Å². The molecule has 0 aliphatic rings. The van der Waals surface area contributed by atoms with E-state index in [1.54, 1.807) is 19.1 Å². The van der Waals surface area contributed by atoms with Gasteiger partial charge in [0.05, 0.1) is 0 Å². The van der Waals surface area contributed by atoms with Gasteiger partial charge in [-0.05, 0) is 19.1 Å². The van der Waals surface area contributed by atoms with Crippen LogP contribution >= 0.6 is 0 Å². The topological polar surface area (TPSA) is 26.3 Å². The molecule has 18 heavy (non-hydrogen) atoms. The van der Waals surface area contributed by atoms with Crippen molar-refractivity contribution >= 4 is 5.78 Å². The van der Waals surface area contributed by atoms with Crippen molar-refractivity contribution in [3.8, 4) is 5.75 Å². The molecule has 0 radical (unpaired) electrons. The van der Waals surface area contributed by atoms with Gasteiger partial charge in [-0.25, -0.2) is 0 Å². The van der Waals surface area contributed by atoms with Crippen LogP contribution in [0.25, 0.3) is 0 Å². The van der Waals surface area contributed by atoms with Crippen molar-refractivity contribution in [2.45, 2.75) is 6.92 Å². The lowest BCUT2D eigenvalue weighted by Gasteiger charge is -2.05. The monoisotopic (exact) mass is 238 g/mol. The molecule has 2 aromatic rings. The van der Waals surface area contributed by atoms with Crippen molar-refractivity contribution < 1.29 is 9.53 Å². The summed E-state index contributed by atoms with van der Waals surface area (Å²) < 4.78 is 5.55. The summed E-state index contributed by atoms with van der Waals surface area (Å²) in [6.45, 7) is 1.77. The van der Waals surface area contributed by atoms with E-state index in [0.29, 0.717) is 11.3 Å². The molecule has 0 saturated heterocycles. The minimum atomic E-state index is -0.0518. The van der Waals surface area contributed by atoms with Crippen molar-refractivity contribution in [1.82, 2.24) is 0 Å². The normalized spacial score (nSPS) is 11.1. The fourth-order valence-electron chi connectivity index (χ4n) is 1.57. The van der Waals surface area contributed by atoms with Gasteiger partial charge >= 0.3 is 0 Å². The Balaban J connectivity index is 2.07. The maximum absolute atomic E-state index is 11.9. The van der Waals surface area contributed by atoms with Crippen molar-refractivity contribution in [3.63, 3.8) is 0 Å². The van der Waals surface area contributed by atoms with Crippen LogP contribution in [0.4, 0.5) is 0 Å². The van der Waals surface area contributed by atoms with Gasteiger partial charge in [0.2, 0.25) is 0 Å². The Morgan fingerprint density at radius 2 is 1.50 bits per heavy atom. The highest BCUT2D eigenvalue weighted by atomic mass is 16.5. The number of hydrogen-bond donors (Lipinski definition) is 0. The molecule has 0 aliphatic carbocycles. The first kappa shape index (κ1) is 12.1. The van der Waals surface area contributed by atoms with Gasteiger partial charge in [0.15, 0.2) is 5.78 Å². The van der Waals surface area contributed by atoms with E-state index in [1.807, 2.05) is 48.5 Å². The van der Waals surface area contributed by atoms with Crippen molar-refractivity contribution in [3.05, 3.63) is 78.1 Å². The lowest BCUT2D eigenvalue weighted by molar-refractivity contribution is 0.104. The van der Waals surface area contributed by atoms with E-state index in [9.17, 15) is 4.79 Å². The highest BCUT2D eigenvalue weighted by Crippen LogP contribution is 2.13. The summed E-state index contributed by atoms with van der Waals surface area (Å²) in [7, 11) is 0. The third kappa shape index (κ3) is 3.32. The highest BCUT2D eigenvalue weighted by Gasteiger charge is 2.03. The molecule has 0 N–H and O–H groups in total. The lowest BCUT2D eigenvalue weighted by atomic mass is 10.1. The third-order valence-corrected chi connectivity index (χ3v) is 2.41. The van der Waals surface area contributed by atoms with Gasteiger partial charge in [-0.15, -0.1) is 0 Å². The van der Waals surface area contributed by atoms with Crippen molar-refractivity contribution in [2.24, 2.45) is 0 Å². The summed E-state index contributed by atoms with van der Waals surface area (Å²) in [6, 6.07) is 18.5. The molecule has 90 valence electrons. The molecule has 0 bridgehead atoms. The third-order valence-electron chi connectivity index (χ3n) is 2.41. The first-order valence-electron chi connectivity index (χ1n) is 5.76. The molecule has 0 spiro atoms. The second kappa shape index (κ2) is 5.82. The molecule has 0 saturated carbocycles. The van der Waals surface area contributed by atoms with Crippen LogP contribution in [0.5, 0.6) is 5.75 Å². The van der Waals surface area contributed by atoms with Gasteiger partial charge in [-0.3, -0.25) is 4.79 Å². The Labute approximate surface area is 107 Å². The Bertz CT molecular complexity index is 542. The van der Waals surface area contributed by atoms with Crippen molar-refractivity contribution in [1.29, 1.82) is 0 Å². The second-order valence-corrected chi connectivity index (χ2v) is 3.90. The molecule has 0 aliphatic heterocycles. The number of para-hydroxylation sites is 1. The Hall–Kier alpha value is -2.35. The molecular formula is C16H14O2. The first-order valence-corrected chi connectivity index (χ1v) is 5.76. The smallest absolute Gasteiger partial charge is 0.189 e. The molecule has 0 aromatic heterocycles. The Morgan fingerprint density at radius 3 is 2.11 bits per heavy atom. The lowest BCUT2D eigenvalue weighted by Crippen LogP contribution is -1.98. The summed E-state index contributed by atoms with van der Waals surface area (Å²) in [5, 5.41) is 0. The predicted octanol–water partition coefficient (Wildman–Crippen LogP) is 3.85. The van der Waals surface area contributed by atoms with E-state index in [4.69, 9.17) is 4.74 Å². The van der Waals surface area contributed by atoms with Gasteiger partial charge in [0, 0.05) is 11.6 Å². The number of rotatable bonds is 4. The minimum Gasteiger partial charge on any atom is -0.462 e. The summed E-state index contributed by atoms with van der Waals surface area (Å²) >= 11 is 0. The average molecular weight is 238 g/mol. The molecule has 2 heteroatoms. The average Bonchev–Trinajstić information content (AvgIpc) is 2.40. The van der Waals surface area contributed by atoms with E-state index in [2.05, 4.69) is 0 Å². The maximum atomic E-state index is 11.9. The number of ether oxygens (including phenoxy) is 1. The minimum absolute atomic E-state index is 0.0518. The Morgan fingerprint density at radius 1 is 0.944 bits per heavy atom. The predicted molar refractivity (Wildman–Crippen MR) is 71.6 cm³/mol. The first-order chi connectivity index (χ1) is 8.75. The second-order valence-electron chi connectivity index (χ2n) is 3.90. The zero-order valence-corrected chi connectivity index (χ0v) is 10.2. The summed E-state index contributed by atoms with van der Waals surface area (Å²) in [6.07, 6.45) is 1.50.